The van der Waals surface area contributed by atoms with Crippen molar-refractivity contribution in [2.45, 2.75) is 19.8 Å². The van der Waals surface area contributed by atoms with E-state index in [1.165, 1.54) is 12.1 Å². The van der Waals surface area contributed by atoms with Crippen molar-refractivity contribution in [3.63, 3.8) is 0 Å². The average Bonchev–Trinajstić information content (AvgIpc) is 2.32. The molecule has 0 aromatic heterocycles. The zero-order valence-electron chi connectivity index (χ0n) is 9.59. The summed E-state index contributed by atoms with van der Waals surface area (Å²) in [4.78, 5) is 0. The van der Waals surface area contributed by atoms with E-state index in [9.17, 15) is 4.39 Å². The monoisotopic (exact) mass is 251 g/mol. The molecule has 0 saturated heterocycles. The summed E-state index contributed by atoms with van der Waals surface area (Å²) in [5.74, 6) is -0.483. The van der Waals surface area contributed by atoms with Crippen molar-refractivity contribution < 1.29 is 4.39 Å². The fourth-order valence-corrected chi connectivity index (χ4v) is 1.44. The number of nitrogens with zero attached hydrogens (tertiary/aromatic N) is 1. The summed E-state index contributed by atoms with van der Waals surface area (Å²) in [7, 11) is 0. The molecular formula is C12H14FN3S. The smallest absolute Gasteiger partial charge is 0.170 e. The predicted molar refractivity (Wildman–Crippen MR) is 70.2 cm³/mol. The summed E-state index contributed by atoms with van der Waals surface area (Å²) in [5, 5.41) is 14.7. The van der Waals surface area contributed by atoms with Gasteiger partial charge in [-0.3, -0.25) is 0 Å². The number of hydrogen-bond donors (Lipinski definition) is 2. The molecule has 0 atom stereocenters. The lowest BCUT2D eigenvalue weighted by atomic mass is 10.2. The predicted octanol–water partition coefficient (Wildman–Crippen LogP) is 2.78. The van der Waals surface area contributed by atoms with E-state index in [2.05, 4.69) is 17.6 Å². The van der Waals surface area contributed by atoms with Gasteiger partial charge in [0.25, 0.3) is 0 Å². The lowest BCUT2D eigenvalue weighted by Gasteiger charge is -2.10. The van der Waals surface area contributed by atoms with Crippen molar-refractivity contribution in [2.75, 3.05) is 11.9 Å². The quantitative estimate of drug-likeness (QED) is 0.638. The summed E-state index contributed by atoms with van der Waals surface area (Å²) in [6.07, 6.45) is 2.08. The van der Waals surface area contributed by atoms with Crippen LogP contribution in [-0.2, 0) is 0 Å². The number of thiocarbonyl (C=S) groups is 1. The second-order valence-electron chi connectivity index (χ2n) is 3.54. The largest absolute Gasteiger partial charge is 0.362 e. The second-order valence-corrected chi connectivity index (χ2v) is 3.95. The van der Waals surface area contributed by atoms with Crippen LogP contribution in [0.25, 0.3) is 0 Å². The summed E-state index contributed by atoms with van der Waals surface area (Å²) >= 11 is 5.02. The van der Waals surface area contributed by atoms with Crippen molar-refractivity contribution in [2.24, 2.45) is 0 Å². The number of halogens is 1. The molecular weight excluding hydrogens is 237 g/mol. The van der Waals surface area contributed by atoms with Crippen LogP contribution in [0.2, 0.25) is 0 Å². The maximum Gasteiger partial charge on any atom is 0.170 e. The first-order valence-corrected chi connectivity index (χ1v) is 5.82. The Morgan fingerprint density at radius 3 is 2.88 bits per heavy atom. The van der Waals surface area contributed by atoms with Gasteiger partial charge in [-0.1, -0.05) is 13.3 Å². The first-order chi connectivity index (χ1) is 8.17. The van der Waals surface area contributed by atoms with E-state index in [0.29, 0.717) is 5.11 Å². The number of nitriles is 1. The third-order valence-corrected chi connectivity index (χ3v) is 2.41. The van der Waals surface area contributed by atoms with E-state index in [4.69, 9.17) is 17.5 Å². The van der Waals surface area contributed by atoms with Gasteiger partial charge in [-0.25, -0.2) is 4.39 Å². The van der Waals surface area contributed by atoms with Crippen molar-refractivity contribution in [3.8, 4) is 6.07 Å². The Morgan fingerprint density at radius 1 is 1.53 bits per heavy atom. The van der Waals surface area contributed by atoms with Crippen LogP contribution >= 0.6 is 12.2 Å². The van der Waals surface area contributed by atoms with Crippen molar-refractivity contribution in [1.82, 2.24) is 5.32 Å². The van der Waals surface area contributed by atoms with Crippen molar-refractivity contribution in [3.05, 3.63) is 29.6 Å². The van der Waals surface area contributed by atoms with Crippen LogP contribution in [0.5, 0.6) is 0 Å². The molecule has 0 amide bonds. The Labute approximate surface area is 106 Å². The van der Waals surface area contributed by atoms with Gasteiger partial charge in [0, 0.05) is 6.54 Å². The van der Waals surface area contributed by atoms with Crippen LogP contribution in [0.3, 0.4) is 0 Å². The molecule has 0 aliphatic carbocycles. The zero-order valence-corrected chi connectivity index (χ0v) is 10.4. The highest BCUT2D eigenvalue weighted by atomic mass is 32.1. The molecule has 0 aliphatic heterocycles. The van der Waals surface area contributed by atoms with Crippen LogP contribution < -0.4 is 10.6 Å². The van der Waals surface area contributed by atoms with Crippen molar-refractivity contribution in [1.29, 1.82) is 5.26 Å². The molecule has 90 valence electrons. The van der Waals surface area contributed by atoms with Crippen LogP contribution in [-0.4, -0.2) is 11.7 Å². The number of anilines is 1. The SMILES string of the molecule is CCCCNC(=S)Nc1ccc(C#N)cc1F. The molecule has 3 nitrogen and oxygen atoms in total. The molecule has 0 unspecified atom stereocenters. The molecule has 0 aliphatic rings. The van der Waals surface area contributed by atoms with Gasteiger partial charge in [0.15, 0.2) is 5.11 Å². The van der Waals surface area contributed by atoms with Gasteiger partial charge in [0.2, 0.25) is 0 Å². The maximum atomic E-state index is 13.5. The first kappa shape index (κ1) is 13.4. The minimum absolute atomic E-state index is 0.276. The number of unbranched alkanes of at least 4 members (excludes halogenated alkanes) is 1. The van der Waals surface area contributed by atoms with E-state index >= 15 is 0 Å². The standard InChI is InChI=1S/C12H14FN3S/c1-2-3-6-15-12(17)16-11-5-4-9(8-14)7-10(11)13/h4-5,7H,2-3,6H2,1H3,(H2,15,16,17). The Hall–Kier alpha value is -1.67. The topological polar surface area (TPSA) is 47.8 Å². The summed E-state index contributed by atoms with van der Waals surface area (Å²) in [6.45, 7) is 2.85. The third-order valence-electron chi connectivity index (χ3n) is 2.16. The number of benzene rings is 1. The molecule has 1 aromatic rings. The lowest BCUT2D eigenvalue weighted by molar-refractivity contribution is 0.631. The minimum atomic E-state index is -0.483. The Morgan fingerprint density at radius 2 is 2.29 bits per heavy atom. The van der Waals surface area contributed by atoms with E-state index in [1.54, 1.807) is 6.07 Å². The summed E-state index contributed by atoms with van der Waals surface area (Å²) in [6, 6.07) is 6.09. The third kappa shape index (κ3) is 4.37. The fraction of sp³-hybridized carbons (Fsp3) is 0.333. The number of nitrogens with one attached hydrogen (secondary N) is 2. The van der Waals surface area contributed by atoms with E-state index in [0.717, 1.165) is 19.4 Å². The van der Waals surface area contributed by atoms with Crippen LogP contribution in [0.15, 0.2) is 18.2 Å². The number of hydrogen-bond acceptors (Lipinski definition) is 2. The Kier molecular flexibility index (Phi) is 5.37. The van der Waals surface area contributed by atoms with Gasteiger partial charge in [-0.05, 0) is 36.8 Å². The molecule has 2 N–H and O–H groups in total. The van der Waals surface area contributed by atoms with Crippen LogP contribution in [0.1, 0.15) is 25.3 Å². The van der Waals surface area contributed by atoms with E-state index in [-0.39, 0.29) is 11.3 Å². The average molecular weight is 251 g/mol. The molecule has 1 aromatic carbocycles. The van der Waals surface area contributed by atoms with E-state index in [1.807, 2.05) is 6.07 Å². The molecule has 5 heteroatoms. The highest BCUT2D eigenvalue weighted by Gasteiger charge is 2.04. The highest BCUT2D eigenvalue weighted by molar-refractivity contribution is 7.80. The second kappa shape index (κ2) is 6.81. The van der Waals surface area contributed by atoms with Gasteiger partial charge >= 0.3 is 0 Å². The Balaban J connectivity index is 2.57. The normalized spacial score (nSPS) is 9.47. The molecule has 0 fully saturated rings. The highest BCUT2D eigenvalue weighted by Crippen LogP contribution is 2.15. The minimum Gasteiger partial charge on any atom is -0.362 e. The zero-order chi connectivity index (χ0) is 12.7. The van der Waals surface area contributed by atoms with Gasteiger partial charge in [-0.2, -0.15) is 5.26 Å². The summed E-state index contributed by atoms with van der Waals surface area (Å²) in [5.41, 5.74) is 0.566. The fourth-order valence-electron chi connectivity index (χ4n) is 1.23. The first-order valence-electron chi connectivity index (χ1n) is 5.42. The van der Waals surface area contributed by atoms with Crippen LogP contribution in [0, 0.1) is 17.1 Å². The lowest BCUT2D eigenvalue weighted by Crippen LogP contribution is -2.29. The van der Waals surface area contributed by atoms with Gasteiger partial charge in [0.1, 0.15) is 5.82 Å². The Bertz CT molecular complexity index is 440. The summed E-state index contributed by atoms with van der Waals surface area (Å²) < 4.78 is 13.5. The molecule has 0 heterocycles. The maximum absolute atomic E-state index is 13.5. The van der Waals surface area contributed by atoms with Gasteiger partial charge in [-0.15, -0.1) is 0 Å². The van der Waals surface area contributed by atoms with Crippen LogP contribution in [0.4, 0.5) is 10.1 Å². The van der Waals surface area contributed by atoms with Gasteiger partial charge in [0.05, 0.1) is 17.3 Å². The number of rotatable bonds is 4. The molecule has 0 radical (unpaired) electrons. The molecule has 0 bridgehead atoms. The molecule has 17 heavy (non-hydrogen) atoms. The van der Waals surface area contributed by atoms with E-state index < -0.39 is 5.82 Å². The molecule has 0 spiro atoms. The molecule has 1 rings (SSSR count). The van der Waals surface area contributed by atoms with Gasteiger partial charge < -0.3 is 10.6 Å². The van der Waals surface area contributed by atoms with Crippen molar-refractivity contribution >= 4 is 23.0 Å². The molecule has 0 saturated carbocycles.